The monoisotopic (exact) mass is 260 g/mol. The van der Waals surface area contributed by atoms with Gasteiger partial charge in [-0.1, -0.05) is 6.07 Å². The van der Waals surface area contributed by atoms with Crippen molar-refractivity contribution in [1.29, 1.82) is 0 Å². The van der Waals surface area contributed by atoms with Crippen molar-refractivity contribution in [3.63, 3.8) is 0 Å². The molecule has 1 aromatic heterocycles. The minimum absolute atomic E-state index is 0.253. The third-order valence-electron chi connectivity index (χ3n) is 4.03. The van der Waals surface area contributed by atoms with Gasteiger partial charge in [-0.15, -0.1) is 0 Å². The molecule has 0 unspecified atom stereocenters. The highest BCUT2D eigenvalue weighted by atomic mass is 16.4. The lowest BCUT2D eigenvalue weighted by Gasteiger charge is -2.22. The molecule has 1 aliphatic rings. The van der Waals surface area contributed by atoms with Gasteiger partial charge in [-0.05, 0) is 62.9 Å². The summed E-state index contributed by atoms with van der Waals surface area (Å²) in [7, 11) is 0. The molecule has 1 aliphatic heterocycles. The molecular formula is C15H20N2O2. The third kappa shape index (κ3) is 2.45. The third-order valence-corrected chi connectivity index (χ3v) is 4.03. The fraction of sp³-hybridized carbons (Fsp3) is 0.533. The Hall–Kier alpha value is -1.55. The Bertz CT molecular complexity index is 621. The van der Waals surface area contributed by atoms with E-state index in [1.165, 1.54) is 18.4 Å². The Morgan fingerprint density at radius 2 is 2.16 bits per heavy atom. The predicted molar refractivity (Wildman–Crippen MR) is 75.4 cm³/mol. The van der Waals surface area contributed by atoms with Gasteiger partial charge in [0, 0.05) is 6.54 Å². The first-order valence-electron chi connectivity index (χ1n) is 7.11. The van der Waals surface area contributed by atoms with Crippen molar-refractivity contribution in [3.8, 4) is 0 Å². The van der Waals surface area contributed by atoms with Crippen molar-refractivity contribution < 1.29 is 4.42 Å². The van der Waals surface area contributed by atoms with E-state index in [2.05, 4.69) is 11.4 Å². The second-order valence-corrected chi connectivity index (χ2v) is 5.31. The van der Waals surface area contributed by atoms with E-state index in [9.17, 15) is 4.79 Å². The first-order valence-corrected chi connectivity index (χ1v) is 7.11. The second-order valence-electron chi connectivity index (χ2n) is 5.31. The summed E-state index contributed by atoms with van der Waals surface area (Å²) in [5, 5.41) is 3.39. The predicted octanol–water partition coefficient (Wildman–Crippen LogP) is 2.16. The zero-order chi connectivity index (χ0) is 13.2. The van der Waals surface area contributed by atoms with Crippen LogP contribution >= 0.6 is 0 Å². The number of aryl methyl sites for hydroxylation is 1. The van der Waals surface area contributed by atoms with E-state index in [-0.39, 0.29) is 5.76 Å². The molecule has 4 heteroatoms. The number of benzene rings is 1. The number of nitrogens with one attached hydrogen (secondary N) is 1. The number of fused-ring (bicyclic) bond motifs is 1. The molecule has 1 saturated heterocycles. The van der Waals surface area contributed by atoms with E-state index in [1.807, 2.05) is 19.1 Å². The average Bonchev–Trinajstić information content (AvgIpc) is 2.74. The first kappa shape index (κ1) is 12.5. The van der Waals surface area contributed by atoms with Crippen LogP contribution in [0.4, 0.5) is 0 Å². The Balaban J connectivity index is 1.87. The van der Waals surface area contributed by atoms with E-state index in [0.717, 1.165) is 36.5 Å². The number of hydrogen-bond acceptors (Lipinski definition) is 3. The summed E-state index contributed by atoms with van der Waals surface area (Å²) in [6, 6.07) is 6.18. The number of hydrogen-bond donors (Lipinski definition) is 1. The average molecular weight is 260 g/mol. The Kier molecular flexibility index (Phi) is 3.42. The van der Waals surface area contributed by atoms with Gasteiger partial charge in [-0.2, -0.15) is 0 Å². The molecule has 0 spiro atoms. The first-order chi connectivity index (χ1) is 9.28. The van der Waals surface area contributed by atoms with Crippen molar-refractivity contribution in [1.82, 2.24) is 9.88 Å². The van der Waals surface area contributed by atoms with Crippen LogP contribution in [0.25, 0.3) is 11.1 Å². The standard InChI is InChI=1S/C15H20N2O2/c1-2-17-13-4-3-12(10-14(13)19-15(17)18)9-11-5-7-16-8-6-11/h3-4,10-11,16H,2,5-9H2,1H3. The number of rotatable bonds is 3. The lowest BCUT2D eigenvalue weighted by molar-refractivity contribution is 0.372. The highest BCUT2D eigenvalue weighted by molar-refractivity contribution is 5.73. The lowest BCUT2D eigenvalue weighted by atomic mass is 9.91. The summed E-state index contributed by atoms with van der Waals surface area (Å²) >= 11 is 0. The number of nitrogens with zero attached hydrogens (tertiary/aromatic N) is 1. The molecule has 0 saturated carbocycles. The maximum Gasteiger partial charge on any atom is 0.419 e. The molecular weight excluding hydrogens is 240 g/mol. The molecule has 2 aromatic rings. The van der Waals surface area contributed by atoms with Crippen molar-refractivity contribution in [2.45, 2.75) is 32.7 Å². The summed E-state index contributed by atoms with van der Waals surface area (Å²) in [5.74, 6) is 0.496. The molecule has 0 bridgehead atoms. The highest BCUT2D eigenvalue weighted by Crippen LogP contribution is 2.21. The van der Waals surface area contributed by atoms with Gasteiger partial charge in [-0.25, -0.2) is 4.79 Å². The maximum atomic E-state index is 11.7. The van der Waals surface area contributed by atoms with Crippen molar-refractivity contribution in [2.75, 3.05) is 13.1 Å². The van der Waals surface area contributed by atoms with E-state index in [0.29, 0.717) is 6.54 Å². The van der Waals surface area contributed by atoms with Crippen LogP contribution in [0.5, 0.6) is 0 Å². The Morgan fingerprint density at radius 1 is 1.37 bits per heavy atom. The second kappa shape index (κ2) is 5.21. The number of piperidine rings is 1. The Morgan fingerprint density at radius 3 is 2.89 bits per heavy atom. The van der Waals surface area contributed by atoms with Crippen LogP contribution in [0, 0.1) is 5.92 Å². The summed E-state index contributed by atoms with van der Waals surface area (Å²) in [6.45, 7) is 4.85. The summed E-state index contributed by atoms with van der Waals surface area (Å²) in [4.78, 5) is 11.7. The normalized spacial score (nSPS) is 17.1. The summed E-state index contributed by atoms with van der Waals surface area (Å²) in [5.41, 5.74) is 2.90. The van der Waals surface area contributed by atoms with E-state index >= 15 is 0 Å². The quantitative estimate of drug-likeness (QED) is 0.920. The molecule has 102 valence electrons. The maximum absolute atomic E-state index is 11.7. The van der Waals surface area contributed by atoms with Gasteiger partial charge in [-0.3, -0.25) is 4.57 Å². The molecule has 3 rings (SSSR count). The van der Waals surface area contributed by atoms with Crippen LogP contribution in [0.2, 0.25) is 0 Å². The zero-order valence-corrected chi connectivity index (χ0v) is 11.3. The molecule has 0 atom stereocenters. The fourth-order valence-electron chi connectivity index (χ4n) is 2.96. The molecule has 19 heavy (non-hydrogen) atoms. The van der Waals surface area contributed by atoms with E-state index in [1.54, 1.807) is 4.57 Å². The van der Waals surface area contributed by atoms with Gasteiger partial charge in [0.15, 0.2) is 5.58 Å². The Labute approximate surface area is 112 Å². The van der Waals surface area contributed by atoms with Crippen LogP contribution in [0.1, 0.15) is 25.3 Å². The van der Waals surface area contributed by atoms with Crippen molar-refractivity contribution in [3.05, 3.63) is 34.3 Å². The molecule has 0 aliphatic carbocycles. The molecule has 4 nitrogen and oxygen atoms in total. The van der Waals surface area contributed by atoms with Crippen molar-refractivity contribution >= 4 is 11.1 Å². The molecule has 1 fully saturated rings. The molecule has 2 heterocycles. The van der Waals surface area contributed by atoms with Gasteiger partial charge in [0.25, 0.3) is 0 Å². The van der Waals surface area contributed by atoms with E-state index in [4.69, 9.17) is 4.42 Å². The van der Waals surface area contributed by atoms with Crippen molar-refractivity contribution in [2.24, 2.45) is 5.92 Å². The molecule has 0 amide bonds. The molecule has 0 radical (unpaired) electrons. The summed E-state index contributed by atoms with van der Waals surface area (Å²) in [6.07, 6.45) is 3.55. The zero-order valence-electron chi connectivity index (χ0n) is 11.3. The van der Waals surface area contributed by atoms with Crippen LogP contribution in [0.15, 0.2) is 27.4 Å². The molecule has 1 N–H and O–H groups in total. The smallest absolute Gasteiger partial charge is 0.408 e. The number of oxazole rings is 1. The van der Waals surface area contributed by atoms with Crippen LogP contribution in [0.3, 0.4) is 0 Å². The highest BCUT2D eigenvalue weighted by Gasteiger charge is 2.15. The topological polar surface area (TPSA) is 47.2 Å². The minimum atomic E-state index is -0.253. The van der Waals surface area contributed by atoms with Crippen LogP contribution in [-0.2, 0) is 13.0 Å². The summed E-state index contributed by atoms with van der Waals surface area (Å²) < 4.78 is 6.99. The van der Waals surface area contributed by atoms with Gasteiger partial charge >= 0.3 is 5.76 Å². The number of aromatic nitrogens is 1. The van der Waals surface area contributed by atoms with Crippen LogP contribution < -0.4 is 11.1 Å². The molecule has 1 aromatic carbocycles. The van der Waals surface area contributed by atoms with Gasteiger partial charge in [0.2, 0.25) is 0 Å². The van der Waals surface area contributed by atoms with Gasteiger partial charge in [0.05, 0.1) is 5.52 Å². The fourth-order valence-corrected chi connectivity index (χ4v) is 2.96. The van der Waals surface area contributed by atoms with Gasteiger partial charge in [0.1, 0.15) is 0 Å². The van der Waals surface area contributed by atoms with E-state index < -0.39 is 0 Å². The SMILES string of the molecule is CCn1c(=O)oc2cc(CC3CCNCC3)ccc21. The minimum Gasteiger partial charge on any atom is -0.408 e. The largest absolute Gasteiger partial charge is 0.419 e. The van der Waals surface area contributed by atoms with Crippen LogP contribution in [-0.4, -0.2) is 17.7 Å². The van der Waals surface area contributed by atoms with Gasteiger partial charge < -0.3 is 9.73 Å². The lowest BCUT2D eigenvalue weighted by Crippen LogP contribution is -2.28.